The molecule has 0 radical (unpaired) electrons. The standard InChI is InChI=1S/C19H26O2/c1-19(2,3)16-12-15(11-14-9-10-21-18(14)16)17(20)6-4-5-13-7-8-13/h11-13H,4-10H2,1-3H3. The number of ketones is 1. The lowest BCUT2D eigenvalue weighted by molar-refractivity contribution is 0.0978. The average molecular weight is 286 g/mol. The van der Waals surface area contributed by atoms with Gasteiger partial charge in [-0.15, -0.1) is 0 Å². The van der Waals surface area contributed by atoms with Crippen molar-refractivity contribution in [1.29, 1.82) is 0 Å². The molecule has 3 rings (SSSR count). The zero-order valence-corrected chi connectivity index (χ0v) is 13.5. The highest BCUT2D eigenvalue weighted by atomic mass is 16.5. The third-order valence-corrected chi connectivity index (χ3v) is 4.63. The topological polar surface area (TPSA) is 26.3 Å². The van der Waals surface area contributed by atoms with Gasteiger partial charge in [-0.2, -0.15) is 0 Å². The van der Waals surface area contributed by atoms with E-state index in [1.165, 1.54) is 30.4 Å². The second kappa shape index (κ2) is 5.47. The van der Waals surface area contributed by atoms with Gasteiger partial charge in [0.05, 0.1) is 6.61 Å². The molecule has 1 heterocycles. The summed E-state index contributed by atoms with van der Waals surface area (Å²) in [6, 6.07) is 4.14. The van der Waals surface area contributed by atoms with Gasteiger partial charge in [0.15, 0.2) is 5.78 Å². The van der Waals surface area contributed by atoms with Crippen LogP contribution in [0.3, 0.4) is 0 Å². The first-order valence-corrected chi connectivity index (χ1v) is 8.28. The molecular formula is C19H26O2. The normalized spacial score (nSPS) is 17.5. The molecule has 1 saturated carbocycles. The van der Waals surface area contributed by atoms with Gasteiger partial charge in [0.2, 0.25) is 0 Å². The van der Waals surface area contributed by atoms with E-state index >= 15 is 0 Å². The van der Waals surface area contributed by atoms with Crippen LogP contribution in [0, 0.1) is 5.92 Å². The molecule has 0 saturated heterocycles. The fourth-order valence-corrected chi connectivity index (χ4v) is 3.13. The molecular weight excluding hydrogens is 260 g/mol. The van der Waals surface area contributed by atoms with Gasteiger partial charge in [0, 0.05) is 24.0 Å². The first kappa shape index (κ1) is 14.6. The van der Waals surface area contributed by atoms with E-state index < -0.39 is 0 Å². The third kappa shape index (κ3) is 3.30. The van der Waals surface area contributed by atoms with Crippen LogP contribution < -0.4 is 4.74 Å². The Labute approximate surface area is 127 Å². The minimum Gasteiger partial charge on any atom is -0.493 e. The molecule has 0 atom stereocenters. The van der Waals surface area contributed by atoms with Crippen molar-refractivity contribution in [3.8, 4) is 5.75 Å². The van der Waals surface area contributed by atoms with Crippen LogP contribution in [0.25, 0.3) is 0 Å². The van der Waals surface area contributed by atoms with Crippen molar-refractivity contribution in [2.45, 2.75) is 64.7 Å². The maximum absolute atomic E-state index is 12.5. The number of fused-ring (bicyclic) bond motifs is 1. The van der Waals surface area contributed by atoms with Crippen LogP contribution in [0.4, 0.5) is 0 Å². The summed E-state index contributed by atoms with van der Waals surface area (Å²) in [6.45, 7) is 7.31. The molecule has 2 aliphatic rings. The minimum atomic E-state index is 0.0126. The Hall–Kier alpha value is -1.31. The van der Waals surface area contributed by atoms with Crippen molar-refractivity contribution < 1.29 is 9.53 Å². The van der Waals surface area contributed by atoms with Gasteiger partial charge in [-0.25, -0.2) is 0 Å². The molecule has 2 heteroatoms. The first-order chi connectivity index (χ1) is 9.95. The molecule has 21 heavy (non-hydrogen) atoms. The summed E-state index contributed by atoms with van der Waals surface area (Å²) < 4.78 is 5.80. The monoisotopic (exact) mass is 286 g/mol. The van der Waals surface area contributed by atoms with Crippen LogP contribution in [0.5, 0.6) is 5.75 Å². The first-order valence-electron chi connectivity index (χ1n) is 8.28. The van der Waals surface area contributed by atoms with E-state index in [4.69, 9.17) is 4.74 Å². The van der Waals surface area contributed by atoms with Gasteiger partial charge in [0.25, 0.3) is 0 Å². The Bertz CT molecular complexity index is 547. The third-order valence-electron chi connectivity index (χ3n) is 4.63. The lowest BCUT2D eigenvalue weighted by Gasteiger charge is -2.23. The van der Waals surface area contributed by atoms with E-state index in [0.29, 0.717) is 12.2 Å². The van der Waals surface area contributed by atoms with Crippen LogP contribution in [0.15, 0.2) is 12.1 Å². The van der Waals surface area contributed by atoms with Gasteiger partial charge in [-0.1, -0.05) is 40.0 Å². The lowest BCUT2D eigenvalue weighted by atomic mass is 9.83. The van der Waals surface area contributed by atoms with Crippen molar-refractivity contribution in [3.63, 3.8) is 0 Å². The fraction of sp³-hybridized carbons (Fsp3) is 0.632. The van der Waals surface area contributed by atoms with Gasteiger partial charge < -0.3 is 4.74 Å². The summed E-state index contributed by atoms with van der Waals surface area (Å²) >= 11 is 0. The number of hydrogen-bond acceptors (Lipinski definition) is 2. The summed E-state index contributed by atoms with van der Waals surface area (Å²) in [7, 11) is 0. The van der Waals surface area contributed by atoms with Gasteiger partial charge in [-0.05, 0) is 35.4 Å². The number of ether oxygens (including phenoxy) is 1. The fourth-order valence-electron chi connectivity index (χ4n) is 3.13. The Morgan fingerprint density at radius 1 is 1.29 bits per heavy atom. The van der Waals surface area contributed by atoms with Crippen molar-refractivity contribution >= 4 is 5.78 Å². The van der Waals surface area contributed by atoms with E-state index in [1.54, 1.807) is 0 Å². The molecule has 0 spiro atoms. The predicted molar refractivity (Wildman–Crippen MR) is 85.2 cm³/mol. The molecule has 1 aromatic rings. The highest BCUT2D eigenvalue weighted by Crippen LogP contribution is 2.39. The summed E-state index contributed by atoms with van der Waals surface area (Å²) in [5, 5.41) is 0. The van der Waals surface area contributed by atoms with Crippen molar-refractivity contribution in [1.82, 2.24) is 0 Å². The molecule has 0 aromatic heterocycles. The van der Waals surface area contributed by atoms with E-state index in [1.807, 2.05) is 0 Å². The minimum absolute atomic E-state index is 0.0126. The number of rotatable bonds is 5. The second-order valence-electron chi connectivity index (χ2n) is 7.62. The van der Waals surface area contributed by atoms with Gasteiger partial charge >= 0.3 is 0 Å². The Morgan fingerprint density at radius 2 is 2.05 bits per heavy atom. The van der Waals surface area contributed by atoms with Crippen LogP contribution in [0.1, 0.15) is 74.4 Å². The second-order valence-corrected chi connectivity index (χ2v) is 7.62. The Balaban J connectivity index is 1.79. The average Bonchev–Trinajstić information content (AvgIpc) is 3.11. The zero-order valence-electron chi connectivity index (χ0n) is 13.5. The van der Waals surface area contributed by atoms with Gasteiger partial charge in [-0.3, -0.25) is 4.79 Å². The number of Topliss-reactive ketones (excluding diaryl/α,β-unsaturated/α-hetero) is 1. The Kier molecular flexibility index (Phi) is 3.81. The van der Waals surface area contributed by atoms with Crippen LogP contribution in [0.2, 0.25) is 0 Å². The van der Waals surface area contributed by atoms with E-state index in [0.717, 1.165) is 36.7 Å². The molecule has 1 fully saturated rings. The number of carbonyl (C=O) groups is 1. The summed E-state index contributed by atoms with van der Waals surface area (Å²) in [6.07, 6.45) is 6.65. The highest BCUT2D eigenvalue weighted by Gasteiger charge is 2.27. The molecule has 0 N–H and O–H groups in total. The summed E-state index contributed by atoms with van der Waals surface area (Å²) in [5.41, 5.74) is 3.30. The molecule has 1 aliphatic carbocycles. The van der Waals surface area contributed by atoms with Crippen LogP contribution in [-0.2, 0) is 11.8 Å². The largest absolute Gasteiger partial charge is 0.493 e. The smallest absolute Gasteiger partial charge is 0.162 e. The number of hydrogen-bond donors (Lipinski definition) is 0. The lowest BCUT2D eigenvalue weighted by Crippen LogP contribution is -2.14. The summed E-state index contributed by atoms with van der Waals surface area (Å²) in [4.78, 5) is 12.5. The number of carbonyl (C=O) groups excluding carboxylic acids is 1. The van der Waals surface area contributed by atoms with Crippen molar-refractivity contribution in [2.24, 2.45) is 5.92 Å². The van der Waals surface area contributed by atoms with Crippen LogP contribution in [-0.4, -0.2) is 12.4 Å². The number of benzene rings is 1. The van der Waals surface area contributed by atoms with E-state index in [-0.39, 0.29) is 5.41 Å². The van der Waals surface area contributed by atoms with Crippen molar-refractivity contribution in [2.75, 3.05) is 6.61 Å². The van der Waals surface area contributed by atoms with E-state index in [2.05, 4.69) is 32.9 Å². The van der Waals surface area contributed by atoms with Crippen LogP contribution >= 0.6 is 0 Å². The quantitative estimate of drug-likeness (QED) is 0.734. The molecule has 114 valence electrons. The zero-order chi connectivity index (χ0) is 15.0. The maximum Gasteiger partial charge on any atom is 0.162 e. The molecule has 1 aliphatic heterocycles. The highest BCUT2D eigenvalue weighted by molar-refractivity contribution is 5.96. The molecule has 0 unspecified atom stereocenters. The maximum atomic E-state index is 12.5. The van der Waals surface area contributed by atoms with Gasteiger partial charge in [0.1, 0.15) is 5.75 Å². The molecule has 0 bridgehead atoms. The van der Waals surface area contributed by atoms with Crippen molar-refractivity contribution in [3.05, 3.63) is 28.8 Å². The molecule has 1 aromatic carbocycles. The molecule has 2 nitrogen and oxygen atoms in total. The van der Waals surface area contributed by atoms with E-state index in [9.17, 15) is 4.79 Å². The summed E-state index contributed by atoms with van der Waals surface area (Å²) in [5.74, 6) is 2.24. The Morgan fingerprint density at radius 3 is 2.71 bits per heavy atom. The molecule has 0 amide bonds. The SMILES string of the molecule is CC(C)(C)c1cc(C(=O)CCCC2CC2)cc2c1OCC2. The predicted octanol–water partition coefficient (Wildman–Crippen LogP) is 4.68.